The summed E-state index contributed by atoms with van der Waals surface area (Å²) < 4.78 is 178. The first-order chi connectivity index (χ1) is 58.1. The molecule has 0 fully saturated rings. The number of pyridine rings is 6. The van der Waals surface area contributed by atoms with Crippen LogP contribution in [-0.4, -0.2) is 29.9 Å². The zero-order valence-electron chi connectivity index (χ0n) is 76.8. The van der Waals surface area contributed by atoms with Crippen molar-refractivity contribution in [1.82, 2.24) is 29.9 Å². The van der Waals surface area contributed by atoms with Crippen molar-refractivity contribution >= 4 is 0 Å². The van der Waals surface area contributed by atoms with Crippen LogP contribution in [0.1, 0.15) is 98.5 Å². The van der Waals surface area contributed by atoms with E-state index in [0.717, 1.165) is 84.1 Å². The minimum Gasteiger partial charge on any atom is -0.305 e. The van der Waals surface area contributed by atoms with Crippen molar-refractivity contribution in [1.29, 1.82) is 0 Å². The second kappa shape index (κ2) is 44.0. The molecule has 15 aromatic rings. The van der Waals surface area contributed by atoms with Gasteiger partial charge >= 0.3 is 0 Å². The van der Waals surface area contributed by atoms with Crippen LogP contribution in [0.3, 0.4) is 0 Å². The fraction of sp³-hybridized carbons (Fsp3) is 0.125. The van der Waals surface area contributed by atoms with Gasteiger partial charge in [-0.05, 0) is 201 Å². The largest absolute Gasteiger partial charge is 0.305 e. The van der Waals surface area contributed by atoms with E-state index in [1.807, 2.05) is 146 Å². The topological polar surface area (TPSA) is 77.3 Å². The van der Waals surface area contributed by atoms with Crippen LogP contribution in [0.4, 0.5) is 13.2 Å². The quantitative estimate of drug-likeness (QED) is 0.107. The van der Waals surface area contributed by atoms with E-state index >= 15 is 0 Å². The van der Waals surface area contributed by atoms with E-state index in [-0.39, 0.29) is 93.7 Å². The Kier molecular flexibility index (Phi) is 25.1. The van der Waals surface area contributed by atoms with Crippen molar-refractivity contribution in [3.05, 3.63) is 397 Å². The molecular weight excluding hydrogens is 1870 g/mol. The molecule has 0 aliphatic carbocycles. The average molecular weight is 1970 g/mol. The van der Waals surface area contributed by atoms with Crippen molar-refractivity contribution in [3.63, 3.8) is 0 Å². The molecule has 6 nitrogen and oxygen atoms in total. The predicted octanol–water partition coefficient (Wildman–Crippen LogP) is 24.5. The minimum absolute atomic E-state index is 0. The van der Waals surface area contributed by atoms with Crippen LogP contribution < -0.4 is 0 Å². The smallest absolute Gasteiger partial charge is 0.126 e. The normalized spacial score (nSPS) is 14.0. The molecular formula is C96H81F3Ir3N6-6. The molecule has 0 saturated heterocycles. The first-order valence-electron chi connectivity index (χ1n) is 42.1. The molecule has 1 atom stereocenters. The Bertz CT molecular complexity index is 5550. The number of rotatable bonds is 13. The minimum atomic E-state index is -2.64. The Morgan fingerprint density at radius 1 is 0.343 bits per heavy atom. The van der Waals surface area contributed by atoms with Gasteiger partial charge in [0, 0.05) is 122 Å². The summed E-state index contributed by atoms with van der Waals surface area (Å²) in [6.45, 7) is -3.48. The number of nitrogens with zero attached hydrogens (tertiary/aromatic N) is 6. The van der Waals surface area contributed by atoms with Crippen LogP contribution >= 0.6 is 0 Å². The average Bonchev–Trinajstić information content (AvgIpc) is 0.775. The predicted molar refractivity (Wildman–Crippen MR) is 423 cm³/mol. The van der Waals surface area contributed by atoms with E-state index in [4.69, 9.17) is 24.7 Å². The van der Waals surface area contributed by atoms with Crippen molar-refractivity contribution in [2.75, 3.05) is 0 Å². The molecule has 0 saturated carbocycles. The molecule has 9 aromatic carbocycles. The van der Waals surface area contributed by atoms with Crippen molar-refractivity contribution in [2.45, 2.75) is 73.7 Å². The summed E-state index contributed by atoms with van der Waals surface area (Å²) >= 11 is 0. The summed E-state index contributed by atoms with van der Waals surface area (Å²) in [4.78, 5) is 25.4. The molecule has 108 heavy (non-hydrogen) atoms. The molecule has 549 valence electrons. The third kappa shape index (κ3) is 25.7. The fourth-order valence-corrected chi connectivity index (χ4v) is 10.2. The van der Waals surface area contributed by atoms with E-state index in [9.17, 15) is 13.2 Å². The van der Waals surface area contributed by atoms with Gasteiger partial charge in [0.05, 0.1) is 0 Å². The van der Waals surface area contributed by atoms with Crippen LogP contribution in [0.2, 0.25) is 0 Å². The molecule has 12 heteroatoms. The molecule has 6 aromatic heterocycles. The third-order valence-electron chi connectivity index (χ3n) is 15.4. The third-order valence-corrected chi connectivity index (χ3v) is 15.4. The Hall–Kier alpha value is -10.4. The number of benzene rings is 9. The van der Waals surface area contributed by atoms with Gasteiger partial charge in [0.1, 0.15) is 17.5 Å². The summed E-state index contributed by atoms with van der Waals surface area (Å²) in [6, 6.07) is 97.2. The molecule has 0 aliphatic rings. The SMILES string of the molecule is [2H]C(C)(C)C([2H])([2H])c1cc(-c2ccnc(-c3[c-]cccc3)c2)ccc1F.[2H]C([2H])(C)c1cc(-c2ccnc(-c3[c-]cccc3)c2)ccc1F.[2H]C([2H])([2H])C([2H])(C)c1cc(-c2ccnc(-c3[c-]cccc3)c2)ccc1F.[2H]C([2H])([2H])c1ccc(-c2[c-]cccc2)nc1.[2H]C([2H])([2H])c1ccc(-c2[c-]cccc2)nc1.[2H]C([2H])([2H])c1ccc(-c2[c-]cccc2)nc1.[Ir].[Ir].[Ir]. The molecule has 0 N–H and O–H groups in total. The molecule has 1 unspecified atom stereocenters. The molecule has 0 spiro atoms. The van der Waals surface area contributed by atoms with Gasteiger partial charge in [0.15, 0.2) is 0 Å². The molecule has 6 heterocycles. The van der Waals surface area contributed by atoms with Crippen molar-refractivity contribution in [2.24, 2.45) is 5.89 Å². The summed E-state index contributed by atoms with van der Waals surface area (Å²) in [7, 11) is 0. The van der Waals surface area contributed by atoms with Gasteiger partial charge in [-0.3, -0.25) is 0 Å². The first-order valence-corrected chi connectivity index (χ1v) is 33.1. The number of halogens is 3. The summed E-state index contributed by atoms with van der Waals surface area (Å²) in [5.41, 5.74) is 14.6. The Morgan fingerprint density at radius 2 is 0.648 bits per heavy atom. The van der Waals surface area contributed by atoms with Crippen LogP contribution in [0.5, 0.6) is 0 Å². The Morgan fingerprint density at radius 3 is 0.935 bits per heavy atom. The van der Waals surface area contributed by atoms with Crippen LogP contribution in [-0.2, 0) is 73.1 Å². The fourth-order valence-electron chi connectivity index (χ4n) is 10.2. The molecule has 0 amide bonds. The van der Waals surface area contributed by atoms with E-state index in [1.165, 1.54) is 76.6 Å². The Balaban J connectivity index is 0.000000209. The van der Waals surface area contributed by atoms with E-state index in [1.54, 1.807) is 116 Å². The molecule has 0 aliphatic heterocycles. The summed E-state index contributed by atoms with van der Waals surface area (Å²) in [6.07, 6.45) is 5.31. The second-order valence-corrected chi connectivity index (χ2v) is 23.3. The van der Waals surface area contributed by atoms with Gasteiger partial charge in [-0.15, -0.1) is 215 Å². The maximum atomic E-state index is 14.3. The zero-order valence-corrected chi connectivity index (χ0v) is 65.9. The van der Waals surface area contributed by atoms with Crippen LogP contribution in [0.15, 0.2) is 310 Å². The van der Waals surface area contributed by atoms with Crippen molar-refractivity contribution in [3.8, 4) is 101 Å². The summed E-state index contributed by atoms with van der Waals surface area (Å²) in [5, 5.41) is 0. The molecule has 3 radical (unpaired) electrons. The second-order valence-electron chi connectivity index (χ2n) is 23.3. The maximum Gasteiger partial charge on any atom is 0.126 e. The van der Waals surface area contributed by atoms with Crippen LogP contribution in [0, 0.1) is 80.3 Å². The van der Waals surface area contributed by atoms with E-state index < -0.39 is 69.4 Å². The van der Waals surface area contributed by atoms with Gasteiger partial charge in [-0.1, -0.05) is 107 Å². The van der Waals surface area contributed by atoms with Gasteiger partial charge in [-0.2, -0.15) is 0 Å². The first kappa shape index (κ1) is 61.6. The monoisotopic (exact) mass is 1970 g/mol. The van der Waals surface area contributed by atoms with Gasteiger partial charge in [0.25, 0.3) is 0 Å². The molecule has 15 rings (SSSR count). The maximum absolute atomic E-state index is 14.3. The summed E-state index contributed by atoms with van der Waals surface area (Å²) in [5.74, 6) is -5.41. The number of hydrogen-bond donors (Lipinski definition) is 0. The van der Waals surface area contributed by atoms with Gasteiger partial charge in [-0.25, -0.2) is 13.2 Å². The number of aryl methyl sites for hydroxylation is 4. The number of aromatic nitrogens is 6. The number of hydrogen-bond acceptors (Lipinski definition) is 6. The van der Waals surface area contributed by atoms with Gasteiger partial charge in [0.2, 0.25) is 0 Å². The van der Waals surface area contributed by atoms with Gasteiger partial charge < -0.3 is 29.9 Å². The molecule has 0 bridgehead atoms. The standard InChI is InChI=1S/C21H19FN.C20H17FN.C19H15FN.3C12H10N.3Ir/c1-15(2)12-19-13-17(8-9-20(19)22)18-10-11-23-21(14-18)16-6-4-3-5-7-16;1-14(2)18-12-16(8-9-19(18)21)17-10-11-22-20(13-17)15-6-4-3-5-7-15;1-2-14-12-16(8-9-18(14)20)17-10-11-21-19(13-17)15-6-4-3-5-7-15;3*1-10-7-8-12(13-9-10)11-5-3-2-4-6-11;;;/h3-6,8-11,13-15H,12H2,1-2H3;3-6,8-14H,1-2H3;3-6,8-13H,2H2,1H3;3*2-5,7-9H,1H3;;;/q6*-1;;;/i12D2,15D;1D3,14D;2D2;3*1D3;;;. The van der Waals surface area contributed by atoms with Crippen LogP contribution in [0.25, 0.3) is 101 Å². The van der Waals surface area contributed by atoms with E-state index in [0.29, 0.717) is 16.8 Å². The Labute approximate surface area is 701 Å². The zero-order chi connectivity index (χ0) is 89.1. The van der Waals surface area contributed by atoms with Crippen molar-refractivity contribution < 1.29 is 98.2 Å². The van der Waals surface area contributed by atoms with E-state index in [2.05, 4.69) is 66.3 Å².